The molecule has 2 aromatic carbocycles. The maximum Gasteiger partial charge on any atom is 0.251 e. The number of carbonyl (C=O) groups is 1. The molecule has 0 saturated carbocycles. The standard InChI is InChI=1S/C26H37N3O3/c1-4-28(5-2)15-16-32-24-12-11-21(18-25(24)31-3)19-27-26(30)23-10-8-9-22(17-23)20-29-13-6-7-14-29/h8-12,17-18H,4-7,13-16,19-20H2,1-3H3,(H,27,30). The first-order chi connectivity index (χ1) is 15.6. The van der Waals surface area contributed by atoms with E-state index in [1.54, 1.807) is 7.11 Å². The van der Waals surface area contributed by atoms with Crippen molar-refractivity contribution in [1.82, 2.24) is 15.1 Å². The van der Waals surface area contributed by atoms with E-state index in [1.807, 2.05) is 36.4 Å². The quantitative estimate of drug-likeness (QED) is 0.543. The summed E-state index contributed by atoms with van der Waals surface area (Å²) in [6, 6.07) is 13.7. The first-order valence-corrected chi connectivity index (χ1v) is 11.7. The third-order valence-electron chi connectivity index (χ3n) is 6.03. The van der Waals surface area contributed by atoms with Gasteiger partial charge in [0.2, 0.25) is 0 Å². The fraction of sp³-hybridized carbons (Fsp3) is 0.500. The van der Waals surface area contributed by atoms with E-state index in [0.717, 1.165) is 50.6 Å². The molecule has 0 aromatic heterocycles. The maximum atomic E-state index is 12.7. The lowest BCUT2D eigenvalue weighted by Crippen LogP contribution is -2.28. The molecule has 1 amide bonds. The van der Waals surface area contributed by atoms with Crippen molar-refractivity contribution in [1.29, 1.82) is 0 Å². The van der Waals surface area contributed by atoms with Gasteiger partial charge in [-0.2, -0.15) is 0 Å². The molecular formula is C26H37N3O3. The minimum absolute atomic E-state index is 0.0632. The lowest BCUT2D eigenvalue weighted by Gasteiger charge is -2.19. The lowest BCUT2D eigenvalue weighted by molar-refractivity contribution is 0.0950. The van der Waals surface area contributed by atoms with Crippen LogP contribution in [0.15, 0.2) is 42.5 Å². The zero-order chi connectivity index (χ0) is 22.8. The molecule has 1 heterocycles. The molecule has 0 bridgehead atoms. The highest BCUT2D eigenvalue weighted by Crippen LogP contribution is 2.28. The molecule has 6 heteroatoms. The fourth-order valence-corrected chi connectivity index (χ4v) is 4.06. The number of likely N-dealkylation sites (tertiary alicyclic amines) is 1. The summed E-state index contributed by atoms with van der Waals surface area (Å²) in [5, 5.41) is 3.02. The Hall–Kier alpha value is -2.57. The summed E-state index contributed by atoms with van der Waals surface area (Å²) in [4.78, 5) is 17.5. The number of hydrogen-bond donors (Lipinski definition) is 1. The van der Waals surface area contributed by atoms with Gasteiger partial charge in [-0.1, -0.05) is 32.0 Å². The van der Waals surface area contributed by atoms with Gasteiger partial charge >= 0.3 is 0 Å². The number of ether oxygens (including phenoxy) is 2. The number of nitrogens with zero attached hydrogens (tertiary/aromatic N) is 2. The van der Waals surface area contributed by atoms with Gasteiger partial charge in [0.1, 0.15) is 6.61 Å². The van der Waals surface area contributed by atoms with Gasteiger partial charge in [-0.05, 0) is 74.4 Å². The smallest absolute Gasteiger partial charge is 0.251 e. The molecule has 1 saturated heterocycles. The van der Waals surface area contributed by atoms with Crippen LogP contribution in [0.5, 0.6) is 11.5 Å². The normalized spacial score (nSPS) is 14.0. The molecule has 1 N–H and O–H groups in total. The Morgan fingerprint density at radius 2 is 1.81 bits per heavy atom. The van der Waals surface area contributed by atoms with Crippen molar-refractivity contribution >= 4 is 5.91 Å². The zero-order valence-electron chi connectivity index (χ0n) is 19.7. The maximum absolute atomic E-state index is 12.7. The van der Waals surface area contributed by atoms with E-state index < -0.39 is 0 Å². The lowest BCUT2D eigenvalue weighted by atomic mass is 10.1. The Balaban J connectivity index is 1.54. The zero-order valence-corrected chi connectivity index (χ0v) is 19.7. The average Bonchev–Trinajstić information content (AvgIpc) is 3.34. The van der Waals surface area contributed by atoms with Crippen LogP contribution in [-0.4, -0.2) is 62.1 Å². The first-order valence-electron chi connectivity index (χ1n) is 11.7. The van der Waals surface area contributed by atoms with Gasteiger partial charge in [0.25, 0.3) is 5.91 Å². The monoisotopic (exact) mass is 439 g/mol. The van der Waals surface area contributed by atoms with Gasteiger partial charge in [-0.25, -0.2) is 0 Å². The Morgan fingerprint density at radius 3 is 2.53 bits per heavy atom. The second-order valence-corrected chi connectivity index (χ2v) is 8.23. The topological polar surface area (TPSA) is 54.0 Å². The van der Waals surface area contributed by atoms with Crippen LogP contribution in [0, 0.1) is 0 Å². The number of rotatable bonds is 12. The molecule has 32 heavy (non-hydrogen) atoms. The van der Waals surface area contributed by atoms with Gasteiger partial charge in [0.15, 0.2) is 11.5 Å². The number of methoxy groups -OCH3 is 1. The first kappa shape index (κ1) is 24.1. The van der Waals surface area contributed by atoms with Crippen LogP contribution in [0.4, 0.5) is 0 Å². The van der Waals surface area contributed by atoms with Gasteiger partial charge in [0, 0.05) is 25.2 Å². The molecule has 0 unspecified atom stereocenters. The third kappa shape index (κ3) is 6.97. The number of benzene rings is 2. The number of nitrogens with one attached hydrogen (secondary N) is 1. The van der Waals surface area contributed by atoms with Crippen molar-refractivity contribution in [3.63, 3.8) is 0 Å². The molecule has 0 radical (unpaired) electrons. The van der Waals surface area contributed by atoms with Crippen molar-refractivity contribution in [2.75, 3.05) is 46.4 Å². The van der Waals surface area contributed by atoms with Gasteiger partial charge in [-0.15, -0.1) is 0 Å². The highest BCUT2D eigenvalue weighted by molar-refractivity contribution is 5.94. The van der Waals surface area contributed by atoms with Crippen LogP contribution in [-0.2, 0) is 13.1 Å². The Kier molecular flexibility index (Phi) is 9.38. The van der Waals surface area contributed by atoms with Crippen molar-refractivity contribution < 1.29 is 14.3 Å². The van der Waals surface area contributed by atoms with E-state index in [9.17, 15) is 4.79 Å². The van der Waals surface area contributed by atoms with E-state index in [0.29, 0.717) is 24.5 Å². The van der Waals surface area contributed by atoms with Crippen LogP contribution >= 0.6 is 0 Å². The number of likely N-dealkylation sites (N-methyl/N-ethyl adjacent to an activating group) is 1. The SMILES string of the molecule is CCN(CC)CCOc1ccc(CNC(=O)c2cccc(CN3CCCC3)c2)cc1OC. The minimum atomic E-state index is -0.0632. The van der Waals surface area contributed by atoms with E-state index in [2.05, 4.69) is 35.0 Å². The van der Waals surface area contributed by atoms with E-state index in [1.165, 1.54) is 18.4 Å². The van der Waals surface area contributed by atoms with Crippen LogP contribution < -0.4 is 14.8 Å². The van der Waals surface area contributed by atoms with E-state index in [4.69, 9.17) is 9.47 Å². The molecule has 0 spiro atoms. The molecule has 1 aliphatic heterocycles. The van der Waals surface area contributed by atoms with Crippen molar-refractivity contribution in [3.8, 4) is 11.5 Å². The highest BCUT2D eigenvalue weighted by Gasteiger charge is 2.13. The average molecular weight is 440 g/mol. The van der Waals surface area contributed by atoms with Gasteiger partial charge in [0.05, 0.1) is 7.11 Å². The number of amides is 1. The van der Waals surface area contributed by atoms with Gasteiger partial charge < -0.3 is 19.7 Å². The summed E-state index contributed by atoms with van der Waals surface area (Å²) in [6.45, 7) is 11.5. The molecule has 1 fully saturated rings. The molecule has 0 aliphatic carbocycles. The third-order valence-corrected chi connectivity index (χ3v) is 6.03. The molecular weight excluding hydrogens is 402 g/mol. The highest BCUT2D eigenvalue weighted by atomic mass is 16.5. The Labute approximate surface area is 192 Å². The largest absolute Gasteiger partial charge is 0.493 e. The van der Waals surface area contributed by atoms with Gasteiger partial charge in [-0.3, -0.25) is 9.69 Å². The second kappa shape index (κ2) is 12.5. The molecule has 0 atom stereocenters. The Morgan fingerprint density at radius 1 is 1.03 bits per heavy atom. The van der Waals surface area contributed by atoms with Crippen LogP contribution in [0.25, 0.3) is 0 Å². The fourth-order valence-electron chi connectivity index (χ4n) is 4.06. The number of carbonyl (C=O) groups excluding carboxylic acids is 1. The summed E-state index contributed by atoms with van der Waals surface area (Å²) in [5.41, 5.74) is 2.86. The van der Waals surface area contributed by atoms with E-state index >= 15 is 0 Å². The van der Waals surface area contributed by atoms with Crippen LogP contribution in [0.1, 0.15) is 48.2 Å². The molecule has 174 valence electrons. The van der Waals surface area contributed by atoms with Crippen molar-refractivity contribution in [2.24, 2.45) is 0 Å². The molecule has 1 aliphatic rings. The predicted molar refractivity (Wildman–Crippen MR) is 128 cm³/mol. The summed E-state index contributed by atoms with van der Waals surface area (Å²) in [5.74, 6) is 1.35. The summed E-state index contributed by atoms with van der Waals surface area (Å²) >= 11 is 0. The van der Waals surface area contributed by atoms with Crippen molar-refractivity contribution in [2.45, 2.75) is 39.8 Å². The summed E-state index contributed by atoms with van der Waals surface area (Å²) in [6.07, 6.45) is 2.53. The molecule has 3 rings (SSSR count). The summed E-state index contributed by atoms with van der Waals surface area (Å²) < 4.78 is 11.4. The second-order valence-electron chi connectivity index (χ2n) is 8.23. The minimum Gasteiger partial charge on any atom is -0.493 e. The predicted octanol–water partition coefficient (Wildman–Crippen LogP) is 3.94. The Bertz CT molecular complexity index is 861. The molecule has 2 aromatic rings. The van der Waals surface area contributed by atoms with Crippen LogP contribution in [0.2, 0.25) is 0 Å². The van der Waals surface area contributed by atoms with Crippen molar-refractivity contribution in [3.05, 3.63) is 59.2 Å². The van der Waals surface area contributed by atoms with E-state index in [-0.39, 0.29) is 5.91 Å². The summed E-state index contributed by atoms with van der Waals surface area (Å²) in [7, 11) is 1.64. The molecule has 6 nitrogen and oxygen atoms in total. The van der Waals surface area contributed by atoms with Crippen LogP contribution in [0.3, 0.4) is 0 Å². The number of hydrogen-bond acceptors (Lipinski definition) is 5.